The summed E-state index contributed by atoms with van der Waals surface area (Å²) in [5.41, 5.74) is 1.06. The van der Waals surface area contributed by atoms with Gasteiger partial charge in [0.05, 0.1) is 16.5 Å². The van der Waals surface area contributed by atoms with Gasteiger partial charge in [-0.1, -0.05) is 13.0 Å². The van der Waals surface area contributed by atoms with Crippen molar-refractivity contribution in [2.45, 2.75) is 25.2 Å². The zero-order valence-electron chi connectivity index (χ0n) is 12.5. The highest BCUT2D eigenvalue weighted by molar-refractivity contribution is 7.89. The molecule has 0 saturated carbocycles. The lowest BCUT2D eigenvalue weighted by Crippen LogP contribution is -2.48. The molecule has 2 rings (SSSR count). The molecule has 21 heavy (non-hydrogen) atoms. The van der Waals surface area contributed by atoms with Gasteiger partial charge in [-0.2, -0.15) is 9.57 Å². The average Bonchev–Trinajstić information content (AvgIpc) is 2.48. The number of sulfonamides is 1. The summed E-state index contributed by atoms with van der Waals surface area (Å²) in [4.78, 5) is 2.54. The summed E-state index contributed by atoms with van der Waals surface area (Å²) in [6, 6.07) is 6.82. The van der Waals surface area contributed by atoms with Crippen molar-refractivity contribution in [2.75, 3.05) is 32.7 Å². The maximum absolute atomic E-state index is 12.7. The fourth-order valence-corrected chi connectivity index (χ4v) is 4.27. The van der Waals surface area contributed by atoms with Crippen molar-refractivity contribution in [3.63, 3.8) is 0 Å². The SMILES string of the molecule is CCCN1CCN(S(=O)(=O)c2cc(C#N)ccc2C)CC1. The van der Waals surface area contributed by atoms with Crippen molar-refractivity contribution >= 4 is 10.0 Å². The van der Waals surface area contributed by atoms with Gasteiger partial charge in [0.1, 0.15) is 0 Å². The van der Waals surface area contributed by atoms with Crippen LogP contribution in [0.1, 0.15) is 24.5 Å². The van der Waals surface area contributed by atoms with Gasteiger partial charge in [0.15, 0.2) is 0 Å². The highest BCUT2D eigenvalue weighted by Crippen LogP contribution is 2.22. The Bertz CT molecular complexity index is 641. The molecule has 1 aliphatic heterocycles. The first kappa shape index (κ1) is 16.0. The normalized spacial score (nSPS) is 17.6. The van der Waals surface area contributed by atoms with Gasteiger partial charge in [0.2, 0.25) is 10.0 Å². The lowest BCUT2D eigenvalue weighted by Gasteiger charge is -2.34. The molecule has 0 amide bonds. The van der Waals surface area contributed by atoms with E-state index in [-0.39, 0.29) is 4.90 Å². The van der Waals surface area contributed by atoms with Crippen molar-refractivity contribution in [3.8, 4) is 6.07 Å². The smallest absolute Gasteiger partial charge is 0.243 e. The monoisotopic (exact) mass is 307 g/mol. The van der Waals surface area contributed by atoms with Crippen LogP contribution >= 0.6 is 0 Å². The molecule has 0 N–H and O–H groups in total. The molecule has 1 saturated heterocycles. The summed E-state index contributed by atoms with van der Waals surface area (Å²) in [6.07, 6.45) is 1.08. The number of nitrogens with zero attached hydrogens (tertiary/aromatic N) is 3. The van der Waals surface area contributed by atoms with E-state index in [1.165, 1.54) is 10.4 Å². The van der Waals surface area contributed by atoms with Crippen LogP contribution in [0.25, 0.3) is 0 Å². The Kier molecular flexibility index (Phi) is 4.99. The lowest BCUT2D eigenvalue weighted by molar-refractivity contribution is 0.188. The minimum Gasteiger partial charge on any atom is -0.301 e. The number of piperazine rings is 1. The molecule has 114 valence electrons. The van der Waals surface area contributed by atoms with Crippen molar-refractivity contribution < 1.29 is 8.42 Å². The van der Waals surface area contributed by atoms with E-state index in [0.29, 0.717) is 24.2 Å². The Morgan fingerprint density at radius 2 is 1.90 bits per heavy atom. The zero-order chi connectivity index (χ0) is 15.5. The molecule has 1 aromatic rings. The standard InChI is InChI=1S/C15H21N3O2S/c1-3-6-17-7-9-18(10-8-17)21(19,20)15-11-14(12-16)5-4-13(15)2/h4-5,11H,3,6-10H2,1-2H3. The third kappa shape index (κ3) is 3.43. The minimum absolute atomic E-state index is 0.255. The third-order valence-corrected chi connectivity index (χ3v) is 5.85. The number of nitriles is 1. The number of aryl methyl sites for hydroxylation is 1. The molecule has 1 heterocycles. The van der Waals surface area contributed by atoms with Crippen LogP contribution in [0.4, 0.5) is 0 Å². The van der Waals surface area contributed by atoms with Crippen molar-refractivity contribution in [1.29, 1.82) is 5.26 Å². The zero-order valence-corrected chi connectivity index (χ0v) is 13.4. The van der Waals surface area contributed by atoms with Crippen LogP contribution in [0.3, 0.4) is 0 Å². The number of hydrogen-bond acceptors (Lipinski definition) is 4. The molecule has 1 fully saturated rings. The molecule has 1 aromatic carbocycles. The van der Waals surface area contributed by atoms with Crippen LogP contribution in [0.15, 0.2) is 23.1 Å². The van der Waals surface area contributed by atoms with Gasteiger partial charge in [0, 0.05) is 26.2 Å². The Hall–Kier alpha value is -1.42. The maximum Gasteiger partial charge on any atom is 0.243 e. The van der Waals surface area contributed by atoms with E-state index in [1.807, 2.05) is 6.07 Å². The van der Waals surface area contributed by atoms with E-state index in [2.05, 4.69) is 11.8 Å². The Morgan fingerprint density at radius 3 is 2.48 bits per heavy atom. The highest BCUT2D eigenvalue weighted by atomic mass is 32.2. The summed E-state index contributed by atoms with van der Waals surface area (Å²) in [6.45, 7) is 7.46. The van der Waals surface area contributed by atoms with Gasteiger partial charge in [-0.15, -0.1) is 0 Å². The molecule has 5 nitrogen and oxygen atoms in total. The second kappa shape index (κ2) is 6.56. The molecular weight excluding hydrogens is 286 g/mol. The lowest BCUT2D eigenvalue weighted by atomic mass is 10.2. The third-order valence-electron chi connectivity index (χ3n) is 3.81. The molecule has 0 unspecified atom stereocenters. The molecule has 0 spiro atoms. The first-order chi connectivity index (χ1) is 9.98. The van der Waals surface area contributed by atoms with Crippen LogP contribution in [0, 0.1) is 18.3 Å². The largest absolute Gasteiger partial charge is 0.301 e. The predicted octanol–water partition coefficient (Wildman–Crippen LogP) is 1.58. The predicted molar refractivity (Wildman–Crippen MR) is 81.4 cm³/mol. The van der Waals surface area contributed by atoms with E-state index < -0.39 is 10.0 Å². The van der Waals surface area contributed by atoms with Gasteiger partial charge in [-0.25, -0.2) is 8.42 Å². The number of benzene rings is 1. The van der Waals surface area contributed by atoms with Crippen LogP contribution in [0.5, 0.6) is 0 Å². The first-order valence-electron chi connectivity index (χ1n) is 7.22. The van der Waals surface area contributed by atoms with E-state index in [9.17, 15) is 8.42 Å². The van der Waals surface area contributed by atoms with Crippen LogP contribution < -0.4 is 0 Å². The summed E-state index contributed by atoms with van der Waals surface area (Å²) in [7, 11) is -3.51. The quantitative estimate of drug-likeness (QED) is 0.847. The second-order valence-electron chi connectivity index (χ2n) is 5.34. The number of rotatable bonds is 4. The molecule has 1 aliphatic rings. The Balaban J connectivity index is 2.22. The fraction of sp³-hybridized carbons (Fsp3) is 0.533. The van der Waals surface area contributed by atoms with Gasteiger partial charge < -0.3 is 4.90 Å². The second-order valence-corrected chi connectivity index (χ2v) is 7.24. The van der Waals surface area contributed by atoms with E-state index in [1.54, 1.807) is 19.1 Å². The Labute approximate surface area is 126 Å². The van der Waals surface area contributed by atoms with Gasteiger partial charge >= 0.3 is 0 Å². The van der Waals surface area contributed by atoms with Crippen molar-refractivity contribution in [2.24, 2.45) is 0 Å². The Morgan fingerprint density at radius 1 is 1.24 bits per heavy atom. The molecule has 0 aromatic heterocycles. The molecule has 0 atom stereocenters. The molecular formula is C15H21N3O2S. The van der Waals surface area contributed by atoms with Crippen molar-refractivity contribution in [3.05, 3.63) is 29.3 Å². The van der Waals surface area contributed by atoms with Crippen LogP contribution in [0.2, 0.25) is 0 Å². The molecule has 6 heteroatoms. The average molecular weight is 307 g/mol. The highest BCUT2D eigenvalue weighted by Gasteiger charge is 2.29. The van der Waals surface area contributed by atoms with Gasteiger partial charge in [-0.05, 0) is 37.6 Å². The van der Waals surface area contributed by atoms with Crippen molar-refractivity contribution in [1.82, 2.24) is 9.21 Å². The summed E-state index contributed by atoms with van der Waals surface area (Å²) >= 11 is 0. The van der Waals surface area contributed by atoms with Crippen LogP contribution in [-0.4, -0.2) is 50.3 Å². The van der Waals surface area contributed by atoms with Gasteiger partial charge in [0.25, 0.3) is 0 Å². The molecule has 0 aliphatic carbocycles. The maximum atomic E-state index is 12.7. The molecule has 0 radical (unpaired) electrons. The summed E-state index contributed by atoms with van der Waals surface area (Å²) in [5, 5.41) is 8.96. The summed E-state index contributed by atoms with van der Waals surface area (Å²) < 4.78 is 27.0. The van der Waals surface area contributed by atoms with E-state index >= 15 is 0 Å². The first-order valence-corrected chi connectivity index (χ1v) is 8.66. The minimum atomic E-state index is -3.51. The summed E-state index contributed by atoms with van der Waals surface area (Å²) in [5.74, 6) is 0. The van der Waals surface area contributed by atoms with Gasteiger partial charge in [-0.3, -0.25) is 0 Å². The number of hydrogen-bond donors (Lipinski definition) is 0. The van der Waals surface area contributed by atoms with E-state index in [4.69, 9.17) is 5.26 Å². The van der Waals surface area contributed by atoms with Crippen LogP contribution in [-0.2, 0) is 10.0 Å². The molecule has 0 bridgehead atoms. The van der Waals surface area contributed by atoms with E-state index in [0.717, 1.165) is 26.1 Å². The topological polar surface area (TPSA) is 64.4 Å². The fourth-order valence-electron chi connectivity index (χ4n) is 2.60.